The number of nitrogens with one attached hydrogen (secondary N) is 1. The molecule has 0 aliphatic carbocycles. The summed E-state index contributed by atoms with van der Waals surface area (Å²) in [6.07, 6.45) is 2.50. The molecule has 1 aromatic rings. The minimum absolute atomic E-state index is 0.0570. The van der Waals surface area contributed by atoms with E-state index in [4.69, 9.17) is 5.73 Å². The zero-order chi connectivity index (χ0) is 16.9. The largest absolute Gasteiger partial charge is 0.346 e. The van der Waals surface area contributed by atoms with E-state index in [2.05, 4.69) is 19.2 Å². The van der Waals surface area contributed by atoms with Gasteiger partial charge in [-0.1, -0.05) is 13.8 Å². The second kappa shape index (κ2) is 7.60. The van der Waals surface area contributed by atoms with Crippen LogP contribution in [0.2, 0.25) is 0 Å². The van der Waals surface area contributed by atoms with Crippen LogP contribution in [0.3, 0.4) is 0 Å². The van der Waals surface area contributed by atoms with E-state index in [1.165, 1.54) is 17.8 Å². The molecule has 1 rings (SSSR count). The van der Waals surface area contributed by atoms with Gasteiger partial charge in [0.2, 0.25) is 0 Å². The summed E-state index contributed by atoms with van der Waals surface area (Å²) >= 11 is 1.28. The van der Waals surface area contributed by atoms with Gasteiger partial charge in [0.05, 0.1) is 9.82 Å². The number of benzene rings is 1. The van der Waals surface area contributed by atoms with E-state index in [0.29, 0.717) is 17.4 Å². The molecule has 22 heavy (non-hydrogen) atoms. The predicted octanol–water partition coefficient (Wildman–Crippen LogP) is 2.81. The monoisotopic (exact) mass is 325 g/mol. The number of hydrogen-bond acceptors (Lipinski definition) is 5. The summed E-state index contributed by atoms with van der Waals surface area (Å²) in [5, 5.41) is 14.0. The summed E-state index contributed by atoms with van der Waals surface area (Å²) in [5.74, 6) is 0.0337. The van der Waals surface area contributed by atoms with Gasteiger partial charge in [-0.25, -0.2) is 0 Å². The molecule has 0 heterocycles. The van der Waals surface area contributed by atoms with Gasteiger partial charge in [0.15, 0.2) is 0 Å². The van der Waals surface area contributed by atoms with Gasteiger partial charge in [-0.05, 0) is 37.7 Å². The molecule has 3 N–H and O–H groups in total. The van der Waals surface area contributed by atoms with Crippen LogP contribution in [-0.4, -0.2) is 29.2 Å². The first-order chi connectivity index (χ1) is 10.2. The van der Waals surface area contributed by atoms with Crippen LogP contribution < -0.4 is 11.1 Å². The van der Waals surface area contributed by atoms with Crippen molar-refractivity contribution in [2.45, 2.75) is 37.6 Å². The van der Waals surface area contributed by atoms with Crippen LogP contribution in [0.1, 0.15) is 37.6 Å². The highest BCUT2D eigenvalue weighted by molar-refractivity contribution is 7.98. The molecule has 6 nitrogen and oxygen atoms in total. The molecule has 0 aliphatic heterocycles. The first-order valence-electron chi connectivity index (χ1n) is 7.07. The number of hydrogen-bond donors (Lipinski definition) is 2. The van der Waals surface area contributed by atoms with E-state index >= 15 is 0 Å². The van der Waals surface area contributed by atoms with Crippen LogP contribution in [0, 0.1) is 16.0 Å². The third-order valence-electron chi connectivity index (χ3n) is 3.36. The number of nitro groups is 1. The molecule has 0 aliphatic rings. The van der Waals surface area contributed by atoms with Gasteiger partial charge in [0.1, 0.15) is 0 Å². The van der Waals surface area contributed by atoms with Crippen molar-refractivity contribution in [1.82, 2.24) is 5.32 Å². The van der Waals surface area contributed by atoms with Crippen molar-refractivity contribution in [3.05, 3.63) is 33.9 Å². The fourth-order valence-corrected chi connectivity index (χ4v) is 2.95. The van der Waals surface area contributed by atoms with Crippen molar-refractivity contribution in [3.8, 4) is 0 Å². The lowest BCUT2D eigenvalue weighted by molar-refractivity contribution is -0.387. The maximum absolute atomic E-state index is 12.4. The molecule has 1 unspecified atom stereocenters. The molecule has 0 bridgehead atoms. The lowest BCUT2D eigenvalue weighted by Crippen LogP contribution is -2.52. The van der Waals surface area contributed by atoms with E-state index in [0.717, 1.165) is 6.42 Å². The molecule has 0 radical (unpaired) electrons. The molecule has 0 saturated carbocycles. The standard InChI is InChI=1S/C15H23N3O3S/c1-10(2)8-15(3,9-16)17-14(19)11-5-6-13(22-4)12(7-11)18(20)21/h5-7,10H,8-9,16H2,1-4H3,(H,17,19). The van der Waals surface area contributed by atoms with Gasteiger partial charge < -0.3 is 11.1 Å². The highest BCUT2D eigenvalue weighted by Gasteiger charge is 2.27. The third-order valence-corrected chi connectivity index (χ3v) is 4.15. The number of rotatable bonds is 7. The maximum Gasteiger partial charge on any atom is 0.283 e. The SMILES string of the molecule is CSc1ccc(C(=O)NC(C)(CN)CC(C)C)cc1[N+](=O)[O-]. The molecule has 0 spiro atoms. The fraction of sp³-hybridized carbons (Fsp3) is 0.533. The zero-order valence-electron chi connectivity index (χ0n) is 13.4. The smallest absolute Gasteiger partial charge is 0.283 e. The highest BCUT2D eigenvalue weighted by Crippen LogP contribution is 2.28. The van der Waals surface area contributed by atoms with Gasteiger partial charge in [0.25, 0.3) is 11.6 Å². The number of nitrogens with two attached hydrogens (primary N) is 1. The number of amides is 1. The lowest BCUT2D eigenvalue weighted by Gasteiger charge is -2.31. The second-order valence-electron chi connectivity index (χ2n) is 5.96. The van der Waals surface area contributed by atoms with Gasteiger partial charge in [-0.15, -0.1) is 11.8 Å². The average Bonchev–Trinajstić information content (AvgIpc) is 2.45. The van der Waals surface area contributed by atoms with Crippen LogP contribution >= 0.6 is 11.8 Å². The Morgan fingerprint density at radius 1 is 1.50 bits per heavy atom. The van der Waals surface area contributed by atoms with Crippen LogP contribution in [0.5, 0.6) is 0 Å². The van der Waals surface area contributed by atoms with E-state index in [9.17, 15) is 14.9 Å². The maximum atomic E-state index is 12.4. The fourth-order valence-electron chi connectivity index (χ4n) is 2.41. The second-order valence-corrected chi connectivity index (χ2v) is 6.81. The molecule has 1 atom stereocenters. The summed E-state index contributed by atoms with van der Waals surface area (Å²) in [6, 6.07) is 4.51. The number of carbonyl (C=O) groups is 1. The molecular formula is C15H23N3O3S. The first kappa shape index (κ1) is 18.4. The van der Waals surface area contributed by atoms with Gasteiger partial charge in [0, 0.05) is 23.7 Å². The zero-order valence-corrected chi connectivity index (χ0v) is 14.2. The Morgan fingerprint density at radius 2 is 2.14 bits per heavy atom. The summed E-state index contributed by atoms with van der Waals surface area (Å²) in [7, 11) is 0. The van der Waals surface area contributed by atoms with Gasteiger partial charge >= 0.3 is 0 Å². The summed E-state index contributed by atoms with van der Waals surface area (Å²) < 4.78 is 0. The Bertz CT molecular complexity index is 563. The minimum Gasteiger partial charge on any atom is -0.346 e. The number of carbonyl (C=O) groups excluding carboxylic acids is 1. The molecule has 0 aromatic heterocycles. The summed E-state index contributed by atoms with van der Waals surface area (Å²) in [5.41, 5.74) is 5.46. The van der Waals surface area contributed by atoms with E-state index in [1.807, 2.05) is 6.92 Å². The van der Waals surface area contributed by atoms with Crippen LogP contribution in [-0.2, 0) is 0 Å². The van der Waals surface area contributed by atoms with Gasteiger partial charge in [-0.3, -0.25) is 14.9 Å². The van der Waals surface area contributed by atoms with Crippen LogP contribution in [0.25, 0.3) is 0 Å². The minimum atomic E-state index is -0.530. The summed E-state index contributed by atoms with van der Waals surface area (Å²) in [6.45, 7) is 6.30. The average molecular weight is 325 g/mol. The molecule has 0 fully saturated rings. The Kier molecular flexibility index (Phi) is 6.37. The Balaban J connectivity index is 3.03. The van der Waals surface area contributed by atoms with Crippen molar-refractivity contribution in [2.75, 3.05) is 12.8 Å². The Labute approximate surface area is 135 Å². The van der Waals surface area contributed by atoms with E-state index in [-0.39, 0.29) is 17.2 Å². The van der Waals surface area contributed by atoms with Crippen molar-refractivity contribution in [2.24, 2.45) is 11.7 Å². The molecule has 1 amide bonds. The number of nitrogens with zero attached hydrogens (tertiary/aromatic N) is 1. The van der Waals surface area contributed by atoms with Crippen LogP contribution in [0.4, 0.5) is 5.69 Å². The topological polar surface area (TPSA) is 98.3 Å². The molecule has 7 heteroatoms. The van der Waals surface area contributed by atoms with Crippen molar-refractivity contribution >= 4 is 23.4 Å². The molecule has 122 valence electrons. The normalized spacial score (nSPS) is 13.7. The summed E-state index contributed by atoms with van der Waals surface area (Å²) in [4.78, 5) is 23.5. The lowest BCUT2D eigenvalue weighted by atomic mass is 9.90. The van der Waals surface area contributed by atoms with Crippen molar-refractivity contribution in [1.29, 1.82) is 0 Å². The Hall–Kier alpha value is -1.60. The quantitative estimate of drug-likeness (QED) is 0.456. The molecular weight excluding hydrogens is 302 g/mol. The van der Waals surface area contributed by atoms with Crippen molar-refractivity contribution in [3.63, 3.8) is 0 Å². The third kappa shape index (κ3) is 4.71. The van der Waals surface area contributed by atoms with E-state index < -0.39 is 10.5 Å². The number of thioether (sulfide) groups is 1. The first-order valence-corrected chi connectivity index (χ1v) is 8.30. The van der Waals surface area contributed by atoms with Crippen LogP contribution in [0.15, 0.2) is 23.1 Å². The molecule has 1 aromatic carbocycles. The predicted molar refractivity (Wildman–Crippen MR) is 89.3 cm³/mol. The number of nitro benzene ring substituents is 1. The Morgan fingerprint density at radius 3 is 2.59 bits per heavy atom. The highest BCUT2D eigenvalue weighted by atomic mass is 32.2. The molecule has 0 saturated heterocycles. The van der Waals surface area contributed by atoms with Gasteiger partial charge in [-0.2, -0.15) is 0 Å². The van der Waals surface area contributed by atoms with E-state index in [1.54, 1.807) is 18.4 Å². The van der Waals surface area contributed by atoms with Crippen molar-refractivity contribution < 1.29 is 9.72 Å².